The van der Waals surface area contributed by atoms with E-state index in [0.29, 0.717) is 56.4 Å². The highest BCUT2D eigenvalue weighted by molar-refractivity contribution is 5.93. The van der Waals surface area contributed by atoms with Crippen molar-refractivity contribution in [2.24, 2.45) is 5.73 Å². The summed E-state index contributed by atoms with van der Waals surface area (Å²) in [7, 11) is 0. The van der Waals surface area contributed by atoms with Gasteiger partial charge in [0.1, 0.15) is 11.5 Å². The number of nitrogens with two attached hydrogens (primary N) is 2. The summed E-state index contributed by atoms with van der Waals surface area (Å²) in [5.41, 5.74) is 13.6. The maximum absolute atomic E-state index is 14.5. The molecule has 14 heteroatoms. The topological polar surface area (TPSA) is 146 Å². The first-order chi connectivity index (χ1) is 18.9. The maximum Gasteiger partial charge on any atom is 0.255 e. The number of carbonyl (C=O) groups excluding carboxylic acids is 1. The van der Waals surface area contributed by atoms with Crippen LogP contribution in [0.15, 0.2) is 47.2 Å². The summed E-state index contributed by atoms with van der Waals surface area (Å²) < 4.78 is 42.5. The number of primary amides is 1. The van der Waals surface area contributed by atoms with E-state index in [4.69, 9.17) is 20.6 Å². The van der Waals surface area contributed by atoms with Crippen molar-refractivity contribution in [1.29, 1.82) is 0 Å². The number of hydrogen-bond acceptors (Lipinski definition) is 9. The molecule has 1 amide bonds. The normalized spacial score (nSPS) is 14.5. The van der Waals surface area contributed by atoms with Gasteiger partial charge in [0.2, 0.25) is 5.95 Å². The van der Waals surface area contributed by atoms with Gasteiger partial charge in [-0.05, 0) is 18.2 Å². The van der Waals surface area contributed by atoms with E-state index in [1.54, 1.807) is 27.7 Å². The Morgan fingerprint density at radius 2 is 1.92 bits per heavy atom. The van der Waals surface area contributed by atoms with E-state index in [1.807, 2.05) is 17.0 Å². The van der Waals surface area contributed by atoms with Crippen LogP contribution in [-0.4, -0.2) is 74.5 Å². The lowest BCUT2D eigenvalue weighted by Crippen LogP contribution is -2.47. The molecular weight excluding hydrogens is 512 g/mol. The Balaban J connectivity index is 1.13. The molecule has 202 valence electrons. The van der Waals surface area contributed by atoms with Gasteiger partial charge in [-0.1, -0.05) is 0 Å². The van der Waals surface area contributed by atoms with Gasteiger partial charge in [-0.15, -0.1) is 0 Å². The zero-order chi connectivity index (χ0) is 27.1. The van der Waals surface area contributed by atoms with Gasteiger partial charge in [-0.25, -0.2) is 13.5 Å². The molecule has 0 spiro atoms. The highest BCUT2D eigenvalue weighted by atomic mass is 19.1. The van der Waals surface area contributed by atoms with Crippen LogP contribution in [0, 0.1) is 11.6 Å². The van der Waals surface area contributed by atoms with Crippen LogP contribution in [0.2, 0.25) is 0 Å². The summed E-state index contributed by atoms with van der Waals surface area (Å²) in [6.45, 7) is 3.12. The first-order valence-electron chi connectivity index (χ1n) is 12.3. The Morgan fingerprint density at radius 3 is 2.67 bits per heavy atom. The number of aromatic nitrogens is 5. The van der Waals surface area contributed by atoms with Gasteiger partial charge < -0.3 is 25.5 Å². The van der Waals surface area contributed by atoms with Gasteiger partial charge in [-0.3, -0.25) is 9.69 Å². The Hall–Kier alpha value is -4.72. The summed E-state index contributed by atoms with van der Waals surface area (Å²) in [5, 5.41) is 9.86. The number of fused-ring (bicyclic) bond motifs is 3. The number of amides is 1. The second kappa shape index (κ2) is 9.87. The Labute approximate surface area is 220 Å². The third kappa shape index (κ3) is 4.69. The molecule has 1 fully saturated rings. The molecule has 0 aliphatic carbocycles. The molecule has 5 heterocycles. The lowest BCUT2D eigenvalue weighted by molar-refractivity contribution is -0.120. The van der Waals surface area contributed by atoms with E-state index in [9.17, 15) is 13.6 Å². The lowest BCUT2D eigenvalue weighted by atomic mass is 10.2. The van der Waals surface area contributed by atoms with Crippen LogP contribution >= 0.6 is 0 Å². The van der Waals surface area contributed by atoms with Gasteiger partial charge in [0.15, 0.2) is 29.6 Å². The van der Waals surface area contributed by atoms with Crippen LogP contribution in [0.1, 0.15) is 0 Å². The number of hydrogen-bond donors (Lipinski definition) is 2. The fourth-order valence-electron chi connectivity index (χ4n) is 4.76. The lowest BCUT2D eigenvalue weighted by Gasteiger charge is -2.36. The second-order valence-electron chi connectivity index (χ2n) is 9.20. The molecule has 1 aliphatic heterocycles. The van der Waals surface area contributed by atoms with Crippen LogP contribution in [0.3, 0.4) is 0 Å². The quantitative estimate of drug-likeness (QED) is 0.303. The monoisotopic (exact) mass is 537 g/mol. The third-order valence-electron chi connectivity index (χ3n) is 6.72. The number of nitrogen functional groups attached to an aromatic ring is 1. The minimum absolute atomic E-state index is 0.214. The van der Waals surface area contributed by atoms with Crippen LogP contribution in [0.25, 0.3) is 28.0 Å². The fraction of sp³-hybridized carbons (Fsp3) is 0.280. The van der Waals surface area contributed by atoms with Crippen molar-refractivity contribution in [3.63, 3.8) is 0 Å². The van der Waals surface area contributed by atoms with Crippen molar-refractivity contribution in [2.75, 3.05) is 50.0 Å². The van der Waals surface area contributed by atoms with Gasteiger partial charge in [-0.2, -0.15) is 19.7 Å². The molecule has 0 unspecified atom stereocenters. The Morgan fingerprint density at radius 1 is 1.10 bits per heavy atom. The Kier molecular flexibility index (Phi) is 6.23. The van der Waals surface area contributed by atoms with Crippen LogP contribution < -0.4 is 21.1 Å². The molecule has 0 saturated carbocycles. The maximum atomic E-state index is 14.5. The number of furan rings is 1. The summed E-state index contributed by atoms with van der Waals surface area (Å²) in [4.78, 5) is 19.6. The molecule has 0 bridgehead atoms. The van der Waals surface area contributed by atoms with E-state index >= 15 is 0 Å². The van der Waals surface area contributed by atoms with E-state index < -0.39 is 24.1 Å². The molecule has 39 heavy (non-hydrogen) atoms. The molecular formula is C25H25F2N9O3. The molecule has 1 aromatic carbocycles. The minimum Gasteiger partial charge on any atom is -0.481 e. The summed E-state index contributed by atoms with van der Waals surface area (Å²) >= 11 is 0. The molecule has 0 atom stereocenters. The van der Waals surface area contributed by atoms with E-state index in [2.05, 4.69) is 20.1 Å². The molecule has 4 aromatic heterocycles. The average Bonchev–Trinajstić information content (AvgIpc) is 3.67. The summed E-state index contributed by atoms with van der Waals surface area (Å²) in [5.74, 6) is -1.67. The molecule has 5 aromatic rings. The number of rotatable bonds is 8. The van der Waals surface area contributed by atoms with Gasteiger partial charge in [0, 0.05) is 44.9 Å². The number of halogens is 2. The largest absolute Gasteiger partial charge is 0.481 e. The van der Waals surface area contributed by atoms with Crippen molar-refractivity contribution in [1.82, 2.24) is 29.3 Å². The highest BCUT2D eigenvalue weighted by Gasteiger charge is 2.23. The summed E-state index contributed by atoms with van der Waals surface area (Å²) in [6, 6.07) is 7.54. The molecule has 1 aliphatic rings. The molecule has 6 rings (SSSR count). The summed E-state index contributed by atoms with van der Waals surface area (Å²) in [6.07, 6.45) is 3.33. The van der Waals surface area contributed by atoms with Crippen molar-refractivity contribution >= 4 is 34.1 Å². The van der Waals surface area contributed by atoms with E-state index in [0.717, 1.165) is 17.0 Å². The zero-order valence-corrected chi connectivity index (χ0v) is 20.8. The molecule has 4 N–H and O–H groups in total. The van der Waals surface area contributed by atoms with Crippen molar-refractivity contribution in [3.8, 4) is 17.2 Å². The fourth-order valence-corrected chi connectivity index (χ4v) is 4.76. The molecule has 0 radical (unpaired) electrons. The number of ether oxygens (including phenoxy) is 1. The van der Waals surface area contributed by atoms with Crippen LogP contribution in [0.5, 0.6) is 5.75 Å². The number of benzene rings is 1. The highest BCUT2D eigenvalue weighted by Crippen LogP contribution is 2.29. The van der Waals surface area contributed by atoms with Crippen molar-refractivity contribution in [3.05, 3.63) is 54.4 Å². The second-order valence-corrected chi connectivity index (χ2v) is 9.20. The molecule has 1 saturated heterocycles. The van der Waals surface area contributed by atoms with Gasteiger partial charge in [0.25, 0.3) is 5.91 Å². The standard InChI is InChI=1S/C25H25F2N9O3/c26-16-10-17(27)22(39-14-23(28)37)12-20(16)34-6-3-33(4-7-34)5-8-35-24-15(13-30-35)19-11-18(21-2-1-9-38-21)32-36(19)25(29)31-24/h1-2,9-13H,3-8,14H2,(H2,28,37)(H2,29,31). The van der Waals surface area contributed by atoms with Crippen LogP contribution in [-0.2, 0) is 11.3 Å². The predicted octanol–water partition coefficient (Wildman–Crippen LogP) is 1.89. The number of nitrogens with zero attached hydrogens (tertiary/aromatic N) is 7. The third-order valence-corrected chi connectivity index (χ3v) is 6.72. The minimum atomic E-state index is -0.887. The smallest absolute Gasteiger partial charge is 0.255 e. The zero-order valence-electron chi connectivity index (χ0n) is 20.8. The Bertz CT molecular complexity index is 1660. The number of piperazine rings is 1. The first kappa shape index (κ1) is 24.6. The van der Waals surface area contributed by atoms with Crippen LogP contribution in [0.4, 0.5) is 20.4 Å². The first-order valence-corrected chi connectivity index (χ1v) is 12.3. The SMILES string of the molecule is NC(=O)COc1cc(N2CCN(CCn3ncc4c3nc(N)n3nc(-c5ccco5)cc43)CC2)c(F)cc1F. The van der Waals surface area contributed by atoms with E-state index in [-0.39, 0.29) is 17.4 Å². The molecule has 12 nitrogen and oxygen atoms in total. The van der Waals surface area contributed by atoms with E-state index in [1.165, 1.54) is 6.07 Å². The predicted molar refractivity (Wildman–Crippen MR) is 138 cm³/mol. The van der Waals surface area contributed by atoms with Crippen molar-refractivity contribution < 1.29 is 22.7 Å². The number of anilines is 2. The van der Waals surface area contributed by atoms with Gasteiger partial charge in [0.05, 0.1) is 35.6 Å². The average molecular weight is 538 g/mol. The van der Waals surface area contributed by atoms with Gasteiger partial charge >= 0.3 is 0 Å². The van der Waals surface area contributed by atoms with Crippen molar-refractivity contribution in [2.45, 2.75) is 6.54 Å². The number of carbonyl (C=O) groups is 1.